The minimum atomic E-state index is -1.00. The number of methoxy groups -OCH3 is 1. The van der Waals surface area contributed by atoms with Crippen LogP contribution in [-0.4, -0.2) is 23.2 Å². The number of carboxylic acid groups (broad SMARTS) is 1. The summed E-state index contributed by atoms with van der Waals surface area (Å²) in [5, 5.41) is 9.04. The number of pyridine rings is 1. The fourth-order valence-corrected chi connectivity index (χ4v) is 2.52. The first kappa shape index (κ1) is 13.4. The van der Waals surface area contributed by atoms with Crippen LogP contribution in [0.4, 0.5) is 0 Å². The number of thioether (sulfide) groups is 1. The number of carbonyl (C=O) groups is 1. The van der Waals surface area contributed by atoms with Gasteiger partial charge >= 0.3 is 5.97 Å². The standard InChI is InChI=1S/C14H13NO3S/c1-18-11-6-4-10(5-7-11)9-19-12-3-2-8-15-13(12)14(16)17/h2-8H,9H2,1H3,(H,16,17). The lowest BCUT2D eigenvalue weighted by Crippen LogP contribution is -2.01. The smallest absolute Gasteiger partial charge is 0.355 e. The normalized spacial score (nSPS) is 10.2. The van der Waals surface area contributed by atoms with Crippen LogP contribution in [0.15, 0.2) is 47.5 Å². The largest absolute Gasteiger partial charge is 0.497 e. The summed E-state index contributed by atoms with van der Waals surface area (Å²) in [6.45, 7) is 0. The zero-order valence-electron chi connectivity index (χ0n) is 10.4. The van der Waals surface area contributed by atoms with Crippen LogP contribution in [0.5, 0.6) is 5.75 Å². The summed E-state index contributed by atoms with van der Waals surface area (Å²) in [7, 11) is 1.62. The lowest BCUT2D eigenvalue weighted by molar-refractivity contribution is 0.0686. The van der Waals surface area contributed by atoms with Crippen LogP contribution < -0.4 is 4.74 Å². The van der Waals surface area contributed by atoms with E-state index in [9.17, 15) is 4.79 Å². The Labute approximate surface area is 115 Å². The summed E-state index contributed by atoms with van der Waals surface area (Å²) in [4.78, 5) is 15.6. The van der Waals surface area contributed by atoms with E-state index in [4.69, 9.17) is 9.84 Å². The molecule has 4 nitrogen and oxygen atoms in total. The maximum absolute atomic E-state index is 11.0. The number of nitrogens with zero attached hydrogens (tertiary/aromatic N) is 1. The Morgan fingerprint density at radius 1 is 1.32 bits per heavy atom. The van der Waals surface area contributed by atoms with Gasteiger partial charge in [-0.05, 0) is 29.8 Å². The first-order valence-electron chi connectivity index (χ1n) is 5.64. The third-order valence-corrected chi connectivity index (χ3v) is 3.64. The molecule has 0 aliphatic carbocycles. The van der Waals surface area contributed by atoms with E-state index in [1.165, 1.54) is 18.0 Å². The molecule has 1 aromatic carbocycles. The average molecular weight is 275 g/mol. The summed E-state index contributed by atoms with van der Waals surface area (Å²) in [6.07, 6.45) is 1.49. The van der Waals surface area contributed by atoms with Crippen LogP contribution in [0.1, 0.15) is 16.1 Å². The van der Waals surface area contributed by atoms with Crippen molar-refractivity contribution in [3.05, 3.63) is 53.9 Å². The first-order chi connectivity index (χ1) is 9.20. The van der Waals surface area contributed by atoms with Gasteiger partial charge in [0.25, 0.3) is 0 Å². The maximum atomic E-state index is 11.0. The van der Waals surface area contributed by atoms with Gasteiger partial charge in [0.15, 0.2) is 5.69 Å². The summed E-state index contributed by atoms with van der Waals surface area (Å²) in [5.41, 5.74) is 1.20. The van der Waals surface area contributed by atoms with E-state index in [-0.39, 0.29) is 5.69 Å². The number of aromatic carboxylic acids is 1. The Morgan fingerprint density at radius 3 is 2.68 bits per heavy atom. The highest BCUT2D eigenvalue weighted by molar-refractivity contribution is 7.98. The van der Waals surface area contributed by atoms with Crippen molar-refractivity contribution in [1.29, 1.82) is 0 Å². The van der Waals surface area contributed by atoms with Gasteiger partial charge in [0, 0.05) is 16.8 Å². The van der Waals surface area contributed by atoms with Crippen molar-refractivity contribution in [2.45, 2.75) is 10.6 Å². The predicted molar refractivity (Wildman–Crippen MR) is 73.8 cm³/mol. The fraction of sp³-hybridized carbons (Fsp3) is 0.143. The molecule has 2 rings (SSSR count). The quantitative estimate of drug-likeness (QED) is 0.850. The average Bonchev–Trinajstić information content (AvgIpc) is 2.46. The van der Waals surface area contributed by atoms with Gasteiger partial charge in [-0.2, -0.15) is 0 Å². The molecule has 5 heteroatoms. The van der Waals surface area contributed by atoms with Crippen molar-refractivity contribution >= 4 is 17.7 Å². The molecule has 19 heavy (non-hydrogen) atoms. The first-order valence-corrected chi connectivity index (χ1v) is 6.63. The number of carboxylic acids is 1. The molecule has 1 heterocycles. The van der Waals surface area contributed by atoms with Crippen LogP contribution >= 0.6 is 11.8 Å². The second kappa shape index (κ2) is 6.24. The molecule has 0 saturated carbocycles. The highest BCUT2D eigenvalue weighted by Crippen LogP contribution is 2.25. The number of benzene rings is 1. The third kappa shape index (κ3) is 3.48. The fourth-order valence-electron chi connectivity index (χ4n) is 1.55. The molecule has 0 spiro atoms. The van der Waals surface area contributed by atoms with Gasteiger partial charge in [0.2, 0.25) is 0 Å². The van der Waals surface area contributed by atoms with Crippen molar-refractivity contribution in [2.24, 2.45) is 0 Å². The minimum Gasteiger partial charge on any atom is -0.497 e. The molecule has 0 unspecified atom stereocenters. The monoisotopic (exact) mass is 275 g/mol. The summed E-state index contributed by atoms with van der Waals surface area (Å²) < 4.78 is 5.09. The molecular weight excluding hydrogens is 262 g/mol. The molecule has 0 aliphatic rings. The number of aromatic nitrogens is 1. The van der Waals surface area contributed by atoms with Crippen LogP contribution in [-0.2, 0) is 5.75 Å². The number of hydrogen-bond donors (Lipinski definition) is 1. The minimum absolute atomic E-state index is 0.0982. The predicted octanol–water partition coefficient (Wildman–Crippen LogP) is 3.08. The van der Waals surface area contributed by atoms with Gasteiger partial charge in [-0.15, -0.1) is 11.8 Å². The molecule has 2 aromatic rings. The molecule has 0 fully saturated rings. The van der Waals surface area contributed by atoms with Gasteiger partial charge in [0.1, 0.15) is 5.75 Å². The van der Waals surface area contributed by atoms with Gasteiger partial charge < -0.3 is 9.84 Å². The van der Waals surface area contributed by atoms with Gasteiger partial charge in [-0.1, -0.05) is 12.1 Å². The molecule has 0 radical (unpaired) electrons. The second-order valence-corrected chi connectivity index (χ2v) is 4.81. The lowest BCUT2D eigenvalue weighted by Gasteiger charge is -2.05. The van der Waals surface area contributed by atoms with Crippen molar-refractivity contribution in [2.75, 3.05) is 7.11 Å². The molecule has 0 bridgehead atoms. The zero-order valence-corrected chi connectivity index (χ0v) is 11.2. The summed E-state index contributed by atoms with van der Waals surface area (Å²) in [6, 6.07) is 11.2. The summed E-state index contributed by atoms with van der Waals surface area (Å²) >= 11 is 1.46. The Bertz CT molecular complexity index is 569. The molecule has 0 saturated heterocycles. The second-order valence-electron chi connectivity index (χ2n) is 3.79. The van der Waals surface area contributed by atoms with Crippen molar-refractivity contribution in [1.82, 2.24) is 4.98 Å². The number of ether oxygens (including phenoxy) is 1. The van der Waals surface area contributed by atoms with Crippen molar-refractivity contribution < 1.29 is 14.6 Å². The highest BCUT2D eigenvalue weighted by atomic mass is 32.2. The Kier molecular flexibility index (Phi) is 4.41. The molecule has 1 aromatic heterocycles. The Hall–Kier alpha value is -2.01. The molecule has 0 aliphatic heterocycles. The molecular formula is C14H13NO3S. The Morgan fingerprint density at radius 2 is 2.05 bits per heavy atom. The van der Waals surface area contributed by atoms with Gasteiger partial charge in [-0.3, -0.25) is 0 Å². The van der Waals surface area contributed by atoms with Gasteiger partial charge in [0.05, 0.1) is 7.11 Å². The van der Waals surface area contributed by atoms with Gasteiger partial charge in [-0.25, -0.2) is 9.78 Å². The highest BCUT2D eigenvalue weighted by Gasteiger charge is 2.11. The van der Waals surface area contributed by atoms with E-state index in [2.05, 4.69) is 4.98 Å². The number of hydrogen-bond acceptors (Lipinski definition) is 4. The zero-order chi connectivity index (χ0) is 13.7. The van der Waals surface area contributed by atoms with Crippen molar-refractivity contribution in [3.8, 4) is 5.75 Å². The SMILES string of the molecule is COc1ccc(CSc2cccnc2C(=O)O)cc1. The van der Waals surface area contributed by atoms with Crippen LogP contribution in [0.25, 0.3) is 0 Å². The van der Waals surface area contributed by atoms with E-state index in [0.29, 0.717) is 10.6 Å². The Balaban J connectivity index is 2.07. The van der Waals surface area contributed by atoms with E-state index >= 15 is 0 Å². The van der Waals surface area contributed by atoms with Crippen LogP contribution in [0.2, 0.25) is 0 Å². The number of rotatable bonds is 5. The van der Waals surface area contributed by atoms with E-state index < -0.39 is 5.97 Å². The van der Waals surface area contributed by atoms with Crippen LogP contribution in [0, 0.1) is 0 Å². The lowest BCUT2D eigenvalue weighted by atomic mass is 10.2. The molecule has 0 atom stereocenters. The molecule has 0 amide bonds. The van der Waals surface area contributed by atoms with E-state index in [1.807, 2.05) is 24.3 Å². The van der Waals surface area contributed by atoms with Crippen molar-refractivity contribution in [3.63, 3.8) is 0 Å². The van der Waals surface area contributed by atoms with E-state index in [0.717, 1.165) is 11.3 Å². The van der Waals surface area contributed by atoms with Crippen LogP contribution in [0.3, 0.4) is 0 Å². The maximum Gasteiger partial charge on any atom is 0.355 e. The summed E-state index contributed by atoms with van der Waals surface area (Å²) in [5.74, 6) is 0.495. The molecule has 98 valence electrons. The third-order valence-electron chi connectivity index (χ3n) is 2.53. The van der Waals surface area contributed by atoms with E-state index in [1.54, 1.807) is 19.2 Å². The molecule has 1 N–H and O–H groups in total. The topological polar surface area (TPSA) is 59.4 Å².